The Morgan fingerprint density at radius 2 is 1.62 bits per heavy atom. The Labute approximate surface area is 182 Å². The fraction of sp³-hybridized carbons (Fsp3) is 0.100. The van der Waals surface area contributed by atoms with Crippen LogP contribution in [0.2, 0.25) is 0 Å². The van der Waals surface area contributed by atoms with Gasteiger partial charge in [-0.1, -0.05) is 6.07 Å². The summed E-state index contributed by atoms with van der Waals surface area (Å²) in [6, 6.07) is 12.5. The highest BCUT2D eigenvalue weighted by molar-refractivity contribution is 7.89. The van der Waals surface area contributed by atoms with E-state index in [1.54, 1.807) is 0 Å². The summed E-state index contributed by atoms with van der Waals surface area (Å²) in [5.41, 5.74) is 3.81. The van der Waals surface area contributed by atoms with E-state index in [0.717, 1.165) is 33.3 Å². The van der Waals surface area contributed by atoms with E-state index in [9.17, 15) is 27.2 Å². The zero-order valence-electron chi connectivity index (χ0n) is 16.9. The number of sulfonamides is 1. The molecule has 0 fully saturated rings. The van der Waals surface area contributed by atoms with Crippen molar-refractivity contribution < 1.29 is 22.4 Å². The number of carbonyl (C=O) groups is 2. The fourth-order valence-electron chi connectivity index (χ4n) is 2.56. The molecule has 0 atom stereocenters. The van der Waals surface area contributed by atoms with Crippen molar-refractivity contribution in [3.05, 3.63) is 88.1 Å². The van der Waals surface area contributed by atoms with Gasteiger partial charge in [-0.15, -0.1) is 0 Å². The SMILES string of the molecule is CN(C)S(=O)(=O)c1cccc(C(=O)NNC(=O)c2ccc(=O)n(-c3ccc(F)cc3)n2)c1. The van der Waals surface area contributed by atoms with Crippen molar-refractivity contribution in [3.8, 4) is 5.69 Å². The summed E-state index contributed by atoms with van der Waals surface area (Å²) < 4.78 is 39.5. The van der Waals surface area contributed by atoms with E-state index in [4.69, 9.17) is 0 Å². The molecule has 1 aromatic heterocycles. The van der Waals surface area contributed by atoms with Gasteiger partial charge in [0, 0.05) is 25.7 Å². The second kappa shape index (κ2) is 9.08. The van der Waals surface area contributed by atoms with Gasteiger partial charge in [-0.2, -0.15) is 9.78 Å². The standard InChI is InChI=1S/C20H18FN5O5S/c1-25(2)32(30,31)16-5-3-4-13(12-16)19(28)22-23-20(29)17-10-11-18(27)26(24-17)15-8-6-14(21)7-9-15/h3-12H,1-2H3,(H,22,28)(H,23,29). The summed E-state index contributed by atoms with van der Waals surface area (Å²) in [6.07, 6.45) is 0. The van der Waals surface area contributed by atoms with E-state index in [1.165, 1.54) is 50.5 Å². The van der Waals surface area contributed by atoms with Crippen LogP contribution in [-0.2, 0) is 10.0 Å². The minimum absolute atomic E-state index is 0.00235. The first-order valence-electron chi connectivity index (χ1n) is 9.09. The van der Waals surface area contributed by atoms with Crippen LogP contribution >= 0.6 is 0 Å². The van der Waals surface area contributed by atoms with Gasteiger partial charge in [0.1, 0.15) is 5.82 Å². The number of benzene rings is 2. The fourth-order valence-corrected chi connectivity index (χ4v) is 3.51. The number of carbonyl (C=O) groups excluding carboxylic acids is 2. The van der Waals surface area contributed by atoms with Gasteiger partial charge in [0.05, 0.1) is 10.6 Å². The zero-order valence-corrected chi connectivity index (χ0v) is 17.8. The average molecular weight is 459 g/mol. The third kappa shape index (κ3) is 4.87. The lowest BCUT2D eigenvalue weighted by molar-refractivity contribution is 0.0843. The highest BCUT2D eigenvalue weighted by Gasteiger charge is 2.19. The number of amides is 2. The molecule has 32 heavy (non-hydrogen) atoms. The van der Waals surface area contributed by atoms with Crippen molar-refractivity contribution in [2.75, 3.05) is 14.1 Å². The summed E-state index contributed by atoms with van der Waals surface area (Å²) in [5.74, 6) is -2.09. The molecule has 3 aromatic rings. The third-order valence-corrected chi connectivity index (χ3v) is 6.08. The molecule has 3 rings (SSSR count). The maximum atomic E-state index is 13.1. The highest BCUT2D eigenvalue weighted by Crippen LogP contribution is 2.14. The quantitative estimate of drug-likeness (QED) is 0.540. The molecule has 10 nitrogen and oxygen atoms in total. The number of halogens is 1. The van der Waals surface area contributed by atoms with Crippen molar-refractivity contribution in [1.82, 2.24) is 24.9 Å². The first kappa shape index (κ1) is 22.8. The Morgan fingerprint density at radius 3 is 2.28 bits per heavy atom. The third-order valence-electron chi connectivity index (χ3n) is 4.27. The molecular weight excluding hydrogens is 441 g/mol. The Hall–Kier alpha value is -3.90. The topological polar surface area (TPSA) is 130 Å². The van der Waals surface area contributed by atoms with E-state index < -0.39 is 33.2 Å². The van der Waals surface area contributed by atoms with Gasteiger partial charge in [0.15, 0.2) is 5.69 Å². The molecule has 0 saturated heterocycles. The zero-order chi connectivity index (χ0) is 23.5. The molecule has 0 saturated carbocycles. The lowest BCUT2D eigenvalue weighted by Crippen LogP contribution is -2.42. The number of hydrogen-bond acceptors (Lipinski definition) is 6. The maximum Gasteiger partial charge on any atom is 0.290 e. The largest absolute Gasteiger partial charge is 0.290 e. The average Bonchev–Trinajstić information content (AvgIpc) is 2.78. The van der Waals surface area contributed by atoms with Crippen LogP contribution in [0.25, 0.3) is 5.69 Å². The molecule has 0 aliphatic heterocycles. The number of hydrazine groups is 1. The lowest BCUT2D eigenvalue weighted by atomic mass is 10.2. The van der Waals surface area contributed by atoms with E-state index in [1.807, 2.05) is 0 Å². The molecular formula is C20H18FN5O5S. The van der Waals surface area contributed by atoms with Crippen LogP contribution in [0.15, 0.2) is 70.4 Å². The number of nitrogens with zero attached hydrogens (tertiary/aromatic N) is 3. The summed E-state index contributed by atoms with van der Waals surface area (Å²) in [7, 11) is -1.02. The van der Waals surface area contributed by atoms with Gasteiger partial charge in [0.2, 0.25) is 10.0 Å². The van der Waals surface area contributed by atoms with Gasteiger partial charge >= 0.3 is 0 Å². The molecule has 0 radical (unpaired) electrons. The van der Waals surface area contributed by atoms with Crippen molar-refractivity contribution in [2.24, 2.45) is 0 Å². The molecule has 0 spiro atoms. The van der Waals surface area contributed by atoms with E-state index in [2.05, 4.69) is 16.0 Å². The monoisotopic (exact) mass is 459 g/mol. The van der Waals surface area contributed by atoms with Crippen LogP contribution < -0.4 is 16.4 Å². The van der Waals surface area contributed by atoms with E-state index in [0.29, 0.717) is 0 Å². The van der Waals surface area contributed by atoms with E-state index in [-0.39, 0.29) is 21.8 Å². The number of rotatable bonds is 5. The van der Waals surface area contributed by atoms with Gasteiger partial charge in [0.25, 0.3) is 17.4 Å². The molecule has 0 unspecified atom stereocenters. The van der Waals surface area contributed by atoms with Crippen LogP contribution in [0, 0.1) is 5.82 Å². The Balaban J connectivity index is 1.75. The molecule has 1 heterocycles. The Bertz CT molecular complexity index is 1340. The molecule has 2 N–H and O–H groups in total. The molecule has 12 heteroatoms. The number of aromatic nitrogens is 2. The Morgan fingerprint density at radius 1 is 0.969 bits per heavy atom. The van der Waals surface area contributed by atoms with Crippen molar-refractivity contribution in [2.45, 2.75) is 4.90 Å². The maximum absolute atomic E-state index is 13.1. The molecule has 166 valence electrons. The van der Waals surface area contributed by atoms with Gasteiger partial charge in [-0.3, -0.25) is 25.2 Å². The summed E-state index contributed by atoms with van der Waals surface area (Å²) in [4.78, 5) is 36.7. The first-order chi connectivity index (χ1) is 15.1. The summed E-state index contributed by atoms with van der Waals surface area (Å²) in [5, 5.41) is 3.92. The second-order valence-electron chi connectivity index (χ2n) is 6.67. The molecule has 0 bridgehead atoms. The van der Waals surface area contributed by atoms with Crippen molar-refractivity contribution in [3.63, 3.8) is 0 Å². The summed E-state index contributed by atoms with van der Waals surface area (Å²) in [6.45, 7) is 0. The predicted molar refractivity (Wildman–Crippen MR) is 112 cm³/mol. The van der Waals surface area contributed by atoms with Crippen LogP contribution in [0.5, 0.6) is 0 Å². The van der Waals surface area contributed by atoms with Crippen molar-refractivity contribution >= 4 is 21.8 Å². The van der Waals surface area contributed by atoms with Crippen LogP contribution in [0.3, 0.4) is 0 Å². The molecule has 2 aromatic carbocycles. The minimum Gasteiger partial charge on any atom is -0.267 e. The van der Waals surface area contributed by atoms with E-state index >= 15 is 0 Å². The number of nitrogens with one attached hydrogen (secondary N) is 2. The van der Waals surface area contributed by atoms with Crippen LogP contribution in [0.1, 0.15) is 20.8 Å². The normalized spacial score (nSPS) is 11.2. The first-order valence-corrected chi connectivity index (χ1v) is 10.5. The number of hydrogen-bond donors (Lipinski definition) is 2. The smallest absolute Gasteiger partial charge is 0.267 e. The van der Waals surface area contributed by atoms with Gasteiger partial charge in [-0.05, 0) is 48.5 Å². The summed E-state index contributed by atoms with van der Waals surface area (Å²) >= 11 is 0. The van der Waals surface area contributed by atoms with Crippen LogP contribution in [-0.4, -0.2) is 48.4 Å². The lowest BCUT2D eigenvalue weighted by Gasteiger charge is -2.12. The molecule has 0 aliphatic rings. The second-order valence-corrected chi connectivity index (χ2v) is 8.82. The van der Waals surface area contributed by atoms with Crippen LogP contribution in [0.4, 0.5) is 4.39 Å². The minimum atomic E-state index is -3.74. The van der Waals surface area contributed by atoms with Crippen molar-refractivity contribution in [1.29, 1.82) is 0 Å². The predicted octanol–water partition coefficient (Wildman–Crippen LogP) is 0.697. The molecule has 2 amide bonds. The van der Waals surface area contributed by atoms with Gasteiger partial charge < -0.3 is 0 Å². The Kier molecular flexibility index (Phi) is 6.46. The van der Waals surface area contributed by atoms with Gasteiger partial charge in [-0.25, -0.2) is 17.1 Å². The highest BCUT2D eigenvalue weighted by atomic mass is 32.2. The molecule has 0 aliphatic carbocycles.